The summed E-state index contributed by atoms with van der Waals surface area (Å²) in [5.41, 5.74) is 22.3. The standard InChI is InChI=1S/C50H72N2/c1-4-6-8-10-12-14-16-18-20-49(45-30-34-47(51)35-31-45)43-26-22-41(23-27-43)38-40(3)39-42-24-28-44(29-25-42)50(46-32-36-48(52)37-33-46)21-19-17-15-13-11-9-7-5-2/h22-37,40,49-50H,4-21,38-39,51-52H2,1-3H3. The van der Waals surface area contributed by atoms with E-state index in [0.717, 1.165) is 24.2 Å². The quantitative estimate of drug-likeness (QED) is 0.0506. The maximum absolute atomic E-state index is 6.06. The average Bonchev–Trinajstić information content (AvgIpc) is 3.15. The highest BCUT2D eigenvalue weighted by Crippen LogP contribution is 2.33. The fourth-order valence-electron chi connectivity index (χ4n) is 8.12. The molecule has 2 unspecified atom stereocenters. The molecule has 0 aliphatic heterocycles. The molecule has 4 N–H and O–H groups in total. The third-order valence-electron chi connectivity index (χ3n) is 11.3. The van der Waals surface area contributed by atoms with E-state index in [9.17, 15) is 0 Å². The van der Waals surface area contributed by atoms with Crippen LogP contribution in [0.25, 0.3) is 0 Å². The summed E-state index contributed by atoms with van der Waals surface area (Å²) in [6.07, 6.45) is 26.3. The number of unbranched alkanes of at least 4 members (excludes halogenated alkanes) is 14. The first-order valence-corrected chi connectivity index (χ1v) is 21.3. The molecule has 0 spiro atoms. The molecule has 0 bridgehead atoms. The lowest BCUT2D eigenvalue weighted by molar-refractivity contribution is 0.550. The van der Waals surface area contributed by atoms with Crippen molar-refractivity contribution < 1.29 is 0 Å². The van der Waals surface area contributed by atoms with Gasteiger partial charge in [0.2, 0.25) is 0 Å². The van der Waals surface area contributed by atoms with Crippen molar-refractivity contribution in [3.05, 3.63) is 130 Å². The number of nitrogens with two attached hydrogens (primary N) is 2. The summed E-state index contributed by atoms with van der Waals surface area (Å²) in [7, 11) is 0. The van der Waals surface area contributed by atoms with Gasteiger partial charge in [0, 0.05) is 23.2 Å². The number of anilines is 2. The lowest BCUT2D eigenvalue weighted by Gasteiger charge is -2.20. The number of benzene rings is 4. The largest absolute Gasteiger partial charge is 0.399 e. The van der Waals surface area contributed by atoms with Crippen molar-refractivity contribution in [3.63, 3.8) is 0 Å². The molecule has 282 valence electrons. The molecule has 0 saturated carbocycles. The molecule has 0 radical (unpaired) electrons. The van der Waals surface area contributed by atoms with Gasteiger partial charge >= 0.3 is 0 Å². The zero-order valence-electron chi connectivity index (χ0n) is 33.3. The van der Waals surface area contributed by atoms with Crippen LogP contribution in [0.1, 0.15) is 182 Å². The van der Waals surface area contributed by atoms with Crippen molar-refractivity contribution >= 4 is 11.4 Å². The molecule has 4 aromatic carbocycles. The Bertz CT molecular complexity index is 1350. The summed E-state index contributed by atoms with van der Waals surface area (Å²) in [6, 6.07) is 36.3. The Labute approximate surface area is 319 Å². The van der Waals surface area contributed by atoms with Crippen LogP contribution in [0.4, 0.5) is 11.4 Å². The predicted octanol–water partition coefficient (Wildman–Crippen LogP) is 14.6. The Morgan fingerprint density at radius 2 is 0.635 bits per heavy atom. The summed E-state index contributed by atoms with van der Waals surface area (Å²) >= 11 is 0. The van der Waals surface area contributed by atoms with Crippen molar-refractivity contribution in [2.45, 2.75) is 161 Å². The van der Waals surface area contributed by atoms with Gasteiger partial charge in [0.05, 0.1) is 0 Å². The van der Waals surface area contributed by atoms with Gasteiger partial charge in [-0.15, -0.1) is 0 Å². The van der Waals surface area contributed by atoms with Crippen molar-refractivity contribution in [3.8, 4) is 0 Å². The second kappa shape index (κ2) is 23.9. The molecular weight excluding hydrogens is 629 g/mol. The van der Waals surface area contributed by atoms with E-state index in [-0.39, 0.29) is 0 Å². The maximum Gasteiger partial charge on any atom is 0.0314 e. The van der Waals surface area contributed by atoms with Gasteiger partial charge in [-0.25, -0.2) is 0 Å². The van der Waals surface area contributed by atoms with Crippen molar-refractivity contribution in [1.82, 2.24) is 0 Å². The molecule has 0 amide bonds. The minimum Gasteiger partial charge on any atom is -0.399 e. The fourth-order valence-corrected chi connectivity index (χ4v) is 8.12. The molecule has 4 aromatic rings. The van der Waals surface area contributed by atoms with Crippen LogP contribution in [0.5, 0.6) is 0 Å². The first kappa shape index (κ1) is 41.2. The minimum absolute atomic E-state index is 0.429. The number of rotatable bonds is 26. The molecule has 4 rings (SSSR count). The second-order valence-electron chi connectivity index (χ2n) is 16.0. The van der Waals surface area contributed by atoms with E-state index in [2.05, 4.69) is 118 Å². The van der Waals surface area contributed by atoms with Gasteiger partial charge in [-0.05, 0) is 89.2 Å². The topological polar surface area (TPSA) is 52.0 Å². The Morgan fingerprint density at radius 1 is 0.365 bits per heavy atom. The highest BCUT2D eigenvalue weighted by molar-refractivity contribution is 5.44. The highest BCUT2D eigenvalue weighted by atomic mass is 14.5. The van der Waals surface area contributed by atoms with E-state index in [1.165, 1.54) is 149 Å². The van der Waals surface area contributed by atoms with Gasteiger partial charge in [-0.1, -0.05) is 196 Å². The molecular formula is C50H72N2. The van der Waals surface area contributed by atoms with E-state index < -0.39 is 0 Å². The van der Waals surface area contributed by atoms with Crippen LogP contribution >= 0.6 is 0 Å². The zero-order valence-corrected chi connectivity index (χ0v) is 33.3. The normalized spacial score (nSPS) is 13.2. The van der Waals surface area contributed by atoms with Gasteiger partial charge in [0.1, 0.15) is 0 Å². The Morgan fingerprint density at radius 3 is 0.942 bits per heavy atom. The van der Waals surface area contributed by atoms with Crippen LogP contribution in [-0.4, -0.2) is 0 Å². The second-order valence-corrected chi connectivity index (χ2v) is 16.0. The SMILES string of the molecule is CCCCCCCCCCC(c1ccc(N)cc1)c1ccc(CC(C)Cc2ccc(C(CCCCCCCCCC)c3ccc(N)cc3)cc2)cc1. The molecule has 0 aliphatic carbocycles. The van der Waals surface area contributed by atoms with Crippen LogP contribution in [0.2, 0.25) is 0 Å². The molecule has 52 heavy (non-hydrogen) atoms. The lowest BCUT2D eigenvalue weighted by Crippen LogP contribution is -2.06. The summed E-state index contributed by atoms with van der Waals surface area (Å²) in [5, 5.41) is 0. The van der Waals surface area contributed by atoms with Crippen LogP contribution in [0.3, 0.4) is 0 Å². The molecule has 2 atom stereocenters. The van der Waals surface area contributed by atoms with Gasteiger partial charge in [-0.3, -0.25) is 0 Å². The number of nitrogen functional groups attached to an aromatic ring is 2. The Balaban J connectivity index is 1.31. The van der Waals surface area contributed by atoms with Gasteiger partial charge in [0.25, 0.3) is 0 Å². The zero-order chi connectivity index (χ0) is 36.8. The smallest absolute Gasteiger partial charge is 0.0314 e. The monoisotopic (exact) mass is 701 g/mol. The highest BCUT2D eigenvalue weighted by Gasteiger charge is 2.17. The fraction of sp³-hybridized carbons (Fsp3) is 0.520. The molecule has 0 fully saturated rings. The summed E-state index contributed by atoms with van der Waals surface area (Å²) < 4.78 is 0. The molecule has 2 heteroatoms. The average molecular weight is 701 g/mol. The summed E-state index contributed by atoms with van der Waals surface area (Å²) in [6.45, 7) is 6.99. The van der Waals surface area contributed by atoms with Gasteiger partial charge in [0.15, 0.2) is 0 Å². The van der Waals surface area contributed by atoms with Crippen LogP contribution in [0, 0.1) is 5.92 Å². The van der Waals surface area contributed by atoms with Gasteiger partial charge < -0.3 is 11.5 Å². The summed E-state index contributed by atoms with van der Waals surface area (Å²) in [5.74, 6) is 1.43. The van der Waals surface area contributed by atoms with Crippen LogP contribution in [-0.2, 0) is 12.8 Å². The Kier molecular flexibility index (Phi) is 19.0. The summed E-state index contributed by atoms with van der Waals surface area (Å²) in [4.78, 5) is 0. The maximum atomic E-state index is 6.06. The van der Waals surface area contributed by atoms with Crippen molar-refractivity contribution in [1.29, 1.82) is 0 Å². The molecule has 2 nitrogen and oxygen atoms in total. The first-order chi connectivity index (χ1) is 25.5. The Hall–Kier alpha value is -3.52. The van der Waals surface area contributed by atoms with E-state index in [1.807, 2.05) is 0 Å². The van der Waals surface area contributed by atoms with Crippen molar-refractivity contribution in [2.24, 2.45) is 5.92 Å². The third kappa shape index (κ3) is 14.8. The van der Waals surface area contributed by atoms with Crippen LogP contribution < -0.4 is 11.5 Å². The minimum atomic E-state index is 0.429. The van der Waals surface area contributed by atoms with Gasteiger partial charge in [-0.2, -0.15) is 0 Å². The first-order valence-electron chi connectivity index (χ1n) is 21.3. The number of hydrogen-bond donors (Lipinski definition) is 2. The molecule has 0 saturated heterocycles. The van der Waals surface area contributed by atoms with Crippen molar-refractivity contribution in [2.75, 3.05) is 11.5 Å². The molecule has 0 aromatic heterocycles. The van der Waals surface area contributed by atoms with Crippen LogP contribution in [0.15, 0.2) is 97.1 Å². The number of hydrogen-bond acceptors (Lipinski definition) is 2. The van der Waals surface area contributed by atoms with E-state index in [1.54, 1.807) is 0 Å². The predicted molar refractivity (Wildman–Crippen MR) is 229 cm³/mol. The van der Waals surface area contributed by atoms with E-state index in [4.69, 9.17) is 11.5 Å². The molecule has 0 aliphatic rings. The molecule has 0 heterocycles. The van der Waals surface area contributed by atoms with E-state index >= 15 is 0 Å². The van der Waals surface area contributed by atoms with E-state index in [0.29, 0.717) is 17.8 Å². The lowest BCUT2D eigenvalue weighted by atomic mass is 9.85. The third-order valence-corrected chi connectivity index (χ3v) is 11.3.